The Balaban J connectivity index is 1.54. The summed E-state index contributed by atoms with van der Waals surface area (Å²) in [6.45, 7) is 2.03. The molecule has 0 unspecified atom stereocenters. The van der Waals surface area contributed by atoms with Crippen molar-refractivity contribution in [2.45, 2.75) is 19.4 Å². The number of amides is 1. The Morgan fingerprint density at radius 1 is 1.12 bits per heavy atom. The Labute approximate surface area is 202 Å². The van der Waals surface area contributed by atoms with Gasteiger partial charge < -0.3 is 0 Å². The van der Waals surface area contributed by atoms with Gasteiger partial charge in [-0.2, -0.15) is 5.10 Å². The number of carbonyl (C=O) groups excluding carboxylic acids is 1. The van der Waals surface area contributed by atoms with Gasteiger partial charge in [-0.15, -0.1) is 0 Å². The minimum absolute atomic E-state index is 0.0344. The van der Waals surface area contributed by atoms with Crippen LogP contribution < -0.4 is 0 Å². The summed E-state index contributed by atoms with van der Waals surface area (Å²) in [5, 5.41) is 4.81. The summed E-state index contributed by atoms with van der Waals surface area (Å²) in [5.74, 6) is -0.183. The van der Waals surface area contributed by atoms with Gasteiger partial charge in [-0.3, -0.25) is 9.69 Å². The molecule has 0 bridgehead atoms. The third kappa shape index (κ3) is 4.40. The van der Waals surface area contributed by atoms with Gasteiger partial charge in [0.15, 0.2) is 9.84 Å². The van der Waals surface area contributed by atoms with Crippen LogP contribution in [-0.2, 0) is 14.6 Å². The topological polar surface area (TPSA) is 72.3 Å². The van der Waals surface area contributed by atoms with Gasteiger partial charge in [0, 0.05) is 17.3 Å². The first-order valence-electron chi connectivity index (χ1n) is 10.5. The van der Waals surface area contributed by atoms with E-state index in [-0.39, 0.29) is 17.4 Å². The molecule has 2 saturated heterocycles. The number of aromatic nitrogens is 2. The summed E-state index contributed by atoms with van der Waals surface area (Å²) in [4.78, 5) is 15.2. The van der Waals surface area contributed by atoms with E-state index in [0.29, 0.717) is 15.6 Å². The second kappa shape index (κ2) is 8.55. The minimum atomic E-state index is -3.13. The maximum Gasteiger partial charge on any atom is 0.266 e. The molecule has 6 nitrogen and oxygen atoms in total. The Morgan fingerprint density at radius 3 is 2.52 bits per heavy atom. The van der Waals surface area contributed by atoms with Crippen molar-refractivity contribution in [3.63, 3.8) is 0 Å². The molecule has 168 valence electrons. The van der Waals surface area contributed by atoms with Crippen LogP contribution in [0.3, 0.4) is 0 Å². The van der Waals surface area contributed by atoms with Crippen LogP contribution in [0.25, 0.3) is 23.0 Å². The number of hydrogen-bond acceptors (Lipinski definition) is 6. The summed E-state index contributed by atoms with van der Waals surface area (Å²) in [6.07, 6.45) is 4.13. The highest BCUT2D eigenvalue weighted by Crippen LogP contribution is 2.37. The molecule has 1 amide bonds. The molecule has 2 aliphatic rings. The quantitative estimate of drug-likeness (QED) is 0.398. The Morgan fingerprint density at radius 2 is 1.85 bits per heavy atom. The van der Waals surface area contributed by atoms with Crippen LogP contribution in [-0.4, -0.2) is 50.9 Å². The SMILES string of the molecule is Cc1ccc(-c2nn(-c3ccccc3)cc2/C=C2/SC(=S)N([C@@H]3CCS(=O)(=O)C3)C2=O)cc1. The molecule has 0 N–H and O–H groups in total. The summed E-state index contributed by atoms with van der Waals surface area (Å²) < 4.78 is 26.1. The predicted octanol–water partition coefficient (Wildman–Crippen LogP) is 4.24. The first-order valence-corrected chi connectivity index (χ1v) is 13.5. The lowest BCUT2D eigenvalue weighted by molar-refractivity contribution is -0.123. The van der Waals surface area contributed by atoms with E-state index >= 15 is 0 Å². The van der Waals surface area contributed by atoms with E-state index in [1.807, 2.05) is 73.8 Å². The lowest BCUT2D eigenvalue weighted by Crippen LogP contribution is -2.39. The third-order valence-electron chi connectivity index (χ3n) is 5.77. The summed E-state index contributed by atoms with van der Waals surface area (Å²) in [5.41, 5.74) is 4.55. The van der Waals surface area contributed by atoms with Crippen molar-refractivity contribution >= 4 is 50.1 Å². The number of thioether (sulfide) groups is 1. The van der Waals surface area contributed by atoms with Gasteiger partial charge in [0.05, 0.1) is 33.8 Å². The largest absolute Gasteiger partial charge is 0.289 e. The molecule has 33 heavy (non-hydrogen) atoms. The zero-order chi connectivity index (χ0) is 23.2. The average Bonchev–Trinajstić information content (AvgIpc) is 3.45. The average molecular weight is 496 g/mol. The molecule has 5 rings (SSSR count). The first kappa shape index (κ1) is 22.1. The molecule has 2 aliphatic heterocycles. The fraction of sp³-hybridized carbons (Fsp3) is 0.208. The maximum absolute atomic E-state index is 13.2. The standard InChI is InChI=1S/C24H21N3O3S3/c1-16-7-9-17(10-8-16)22-18(14-26(25-22)19-5-3-2-4-6-19)13-21-23(28)27(24(31)32-21)20-11-12-33(29,30)15-20/h2-10,13-14,20H,11-12,15H2,1H3/b21-13+/t20-/m1/s1. The highest BCUT2D eigenvalue weighted by atomic mass is 32.2. The minimum Gasteiger partial charge on any atom is -0.289 e. The fourth-order valence-corrected chi connectivity index (χ4v) is 7.15. The zero-order valence-corrected chi connectivity index (χ0v) is 20.3. The van der Waals surface area contributed by atoms with E-state index in [4.69, 9.17) is 17.3 Å². The van der Waals surface area contributed by atoms with Gasteiger partial charge in [-0.1, -0.05) is 72.0 Å². The van der Waals surface area contributed by atoms with E-state index in [2.05, 4.69) is 0 Å². The van der Waals surface area contributed by atoms with Crippen molar-refractivity contribution in [3.8, 4) is 16.9 Å². The van der Waals surface area contributed by atoms with Crippen molar-refractivity contribution in [1.29, 1.82) is 0 Å². The van der Waals surface area contributed by atoms with Crippen molar-refractivity contribution in [1.82, 2.24) is 14.7 Å². The molecule has 3 heterocycles. The Hall–Kier alpha value is -2.75. The third-order valence-corrected chi connectivity index (χ3v) is 8.85. The van der Waals surface area contributed by atoms with Crippen molar-refractivity contribution in [2.75, 3.05) is 11.5 Å². The summed E-state index contributed by atoms with van der Waals surface area (Å²) in [6, 6.07) is 17.5. The molecule has 1 aromatic heterocycles. The van der Waals surface area contributed by atoms with Crippen LogP contribution in [0.15, 0.2) is 65.7 Å². The van der Waals surface area contributed by atoms with Gasteiger partial charge in [-0.05, 0) is 31.6 Å². The lowest BCUT2D eigenvalue weighted by Gasteiger charge is -2.20. The van der Waals surface area contributed by atoms with E-state index in [0.717, 1.165) is 28.1 Å². The van der Waals surface area contributed by atoms with Crippen LogP contribution in [0.1, 0.15) is 17.5 Å². The van der Waals surface area contributed by atoms with Crippen LogP contribution in [0.2, 0.25) is 0 Å². The molecule has 9 heteroatoms. The second-order valence-electron chi connectivity index (χ2n) is 8.19. The van der Waals surface area contributed by atoms with Crippen molar-refractivity contribution in [2.24, 2.45) is 0 Å². The van der Waals surface area contributed by atoms with Crippen molar-refractivity contribution < 1.29 is 13.2 Å². The number of para-hydroxylation sites is 1. The Bertz CT molecular complexity index is 1380. The van der Waals surface area contributed by atoms with E-state index < -0.39 is 15.9 Å². The molecular weight excluding hydrogens is 474 g/mol. The zero-order valence-electron chi connectivity index (χ0n) is 17.8. The highest BCUT2D eigenvalue weighted by Gasteiger charge is 2.42. The van der Waals surface area contributed by atoms with Crippen LogP contribution in [0.5, 0.6) is 0 Å². The number of carbonyl (C=O) groups is 1. The molecule has 0 radical (unpaired) electrons. The van der Waals surface area contributed by atoms with Gasteiger partial charge in [0.1, 0.15) is 4.32 Å². The van der Waals surface area contributed by atoms with E-state index in [9.17, 15) is 13.2 Å². The van der Waals surface area contributed by atoms with Crippen LogP contribution in [0, 0.1) is 6.92 Å². The van der Waals surface area contributed by atoms with Crippen LogP contribution in [0.4, 0.5) is 0 Å². The number of hydrogen-bond donors (Lipinski definition) is 0. The smallest absolute Gasteiger partial charge is 0.266 e. The summed E-state index contributed by atoms with van der Waals surface area (Å²) >= 11 is 6.67. The molecule has 2 aromatic carbocycles. The van der Waals surface area contributed by atoms with Crippen LogP contribution >= 0.6 is 24.0 Å². The maximum atomic E-state index is 13.2. The van der Waals surface area contributed by atoms with E-state index in [1.165, 1.54) is 16.7 Å². The first-order chi connectivity index (χ1) is 15.8. The number of rotatable bonds is 4. The molecule has 0 saturated carbocycles. The van der Waals surface area contributed by atoms with Crippen molar-refractivity contribution in [3.05, 3.63) is 76.8 Å². The summed E-state index contributed by atoms with van der Waals surface area (Å²) in [7, 11) is -3.13. The number of benzene rings is 2. The normalized spacial score (nSPS) is 21.3. The van der Waals surface area contributed by atoms with Gasteiger partial charge in [0.2, 0.25) is 0 Å². The second-order valence-corrected chi connectivity index (χ2v) is 12.1. The predicted molar refractivity (Wildman–Crippen MR) is 136 cm³/mol. The molecule has 3 aromatic rings. The number of aryl methyl sites for hydroxylation is 1. The molecular formula is C24H21N3O3S3. The van der Waals surface area contributed by atoms with Gasteiger partial charge >= 0.3 is 0 Å². The molecule has 2 fully saturated rings. The Kier molecular flexibility index (Phi) is 5.72. The highest BCUT2D eigenvalue weighted by molar-refractivity contribution is 8.26. The fourth-order valence-electron chi connectivity index (χ4n) is 4.06. The lowest BCUT2D eigenvalue weighted by atomic mass is 10.1. The molecule has 0 spiro atoms. The number of thiocarbonyl (C=S) groups is 1. The molecule has 0 aliphatic carbocycles. The monoisotopic (exact) mass is 495 g/mol. The molecule has 1 atom stereocenters. The van der Waals surface area contributed by atoms with Gasteiger partial charge in [-0.25, -0.2) is 13.1 Å². The van der Waals surface area contributed by atoms with E-state index in [1.54, 1.807) is 4.68 Å². The number of sulfone groups is 1. The van der Waals surface area contributed by atoms with Gasteiger partial charge in [0.25, 0.3) is 5.91 Å². The number of nitrogens with zero attached hydrogens (tertiary/aromatic N) is 3.